The largest absolute Gasteiger partial charge is 0.370 e. The van der Waals surface area contributed by atoms with E-state index in [0.29, 0.717) is 18.4 Å². The highest BCUT2D eigenvalue weighted by Crippen LogP contribution is 2.24. The summed E-state index contributed by atoms with van der Waals surface area (Å²) in [5, 5.41) is 22.6. The third-order valence-electron chi connectivity index (χ3n) is 15.2. The molecule has 0 saturated carbocycles. The molecule has 3 heterocycles. The van der Waals surface area contributed by atoms with E-state index < -0.39 is 131 Å². The van der Waals surface area contributed by atoms with Gasteiger partial charge in [-0.15, -0.1) is 0 Å². The van der Waals surface area contributed by atoms with Crippen LogP contribution < -0.4 is 71.2 Å². The Morgan fingerprint density at radius 3 is 1.24 bits per heavy atom. The van der Waals surface area contributed by atoms with Crippen LogP contribution in [0, 0.1) is 23.7 Å². The van der Waals surface area contributed by atoms with E-state index >= 15 is 0 Å². The lowest BCUT2D eigenvalue weighted by atomic mass is 9.99. The fourth-order valence-corrected chi connectivity index (χ4v) is 10.8. The first-order valence-corrected chi connectivity index (χ1v) is 30.1. The number of nitrogens with two attached hydrogens (primary N) is 5. The Labute approximate surface area is 499 Å². The van der Waals surface area contributed by atoms with Crippen LogP contribution in [0.5, 0.6) is 0 Å². The number of nitrogens with one attached hydrogen (secondary N) is 8. The Bertz CT molecular complexity index is 2500. The normalized spacial score (nSPS) is 25.9. The summed E-state index contributed by atoms with van der Waals surface area (Å²) in [6.07, 6.45) is 2.16. The predicted molar refractivity (Wildman–Crippen MR) is 322 cm³/mol. The van der Waals surface area contributed by atoms with Gasteiger partial charge >= 0.3 is 0 Å². The molecule has 3 aliphatic heterocycles. The van der Waals surface area contributed by atoms with E-state index in [1.54, 1.807) is 58.0 Å². The molecule has 0 aromatic heterocycles. The molecule has 10 atom stereocenters. The number of carbonyl (C=O) groups is 10. The van der Waals surface area contributed by atoms with Crippen molar-refractivity contribution in [2.45, 2.75) is 199 Å². The number of hydrogen-bond donors (Lipinski definition) is 13. The second kappa shape index (κ2) is 34.4. The first-order valence-electron chi connectivity index (χ1n) is 30.1. The number of rotatable bonds is 19. The average molecular weight is 1190 g/mol. The Kier molecular flexibility index (Phi) is 28.3. The zero-order valence-electron chi connectivity index (χ0n) is 51.0. The molecule has 3 aliphatic rings. The van der Waals surface area contributed by atoms with Crippen LogP contribution in [0.15, 0.2) is 40.3 Å². The summed E-state index contributed by atoms with van der Waals surface area (Å²) in [4.78, 5) is 157. The first kappa shape index (κ1) is 69.9. The topological polar surface area (TPSA) is 428 Å². The van der Waals surface area contributed by atoms with Gasteiger partial charge in [0.15, 0.2) is 11.9 Å². The van der Waals surface area contributed by atoms with Crippen LogP contribution in [0.2, 0.25) is 0 Å². The van der Waals surface area contributed by atoms with Gasteiger partial charge in [0.05, 0.1) is 0 Å². The molecule has 18 N–H and O–H groups in total. The van der Waals surface area contributed by atoms with Crippen molar-refractivity contribution in [3.05, 3.63) is 35.9 Å². The number of fused-ring (bicyclic) bond motifs is 2. The maximum Gasteiger partial charge on any atom is 0.246 e. The van der Waals surface area contributed by atoms with E-state index in [1.165, 1.54) is 9.80 Å². The second-order valence-corrected chi connectivity index (χ2v) is 24.0. The van der Waals surface area contributed by atoms with Crippen molar-refractivity contribution >= 4 is 71.0 Å². The van der Waals surface area contributed by atoms with E-state index in [1.807, 2.05) is 27.7 Å². The Morgan fingerprint density at radius 2 is 0.835 bits per heavy atom. The smallest absolute Gasteiger partial charge is 0.246 e. The van der Waals surface area contributed by atoms with E-state index in [-0.39, 0.29) is 127 Å². The summed E-state index contributed by atoms with van der Waals surface area (Å²) < 4.78 is 0. The summed E-state index contributed by atoms with van der Waals surface area (Å²) in [6.45, 7) is 14.8. The molecule has 0 bridgehead atoms. The maximum absolute atomic E-state index is 14.9. The van der Waals surface area contributed by atoms with E-state index in [4.69, 9.17) is 28.7 Å². The lowest BCUT2D eigenvalue weighted by Gasteiger charge is -2.33. The fourth-order valence-electron chi connectivity index (χ4n) is 10.8. The molecule has 85 heavy (non-hydrogen) atoms. The van der Waals surface area contributed by atoms with Gasteiger partial charge in [-0.1, -0.05) is 85.7 Å². The fraction of sp³-hybridized carbons (Fsp3) is 0.690. The van der Waals surface area contributed by atoms with Crippen molar-refractivity contribution in [2.75, 3.05) is 32.7 Å². The van der Waals surface area contributed by atoms with Crippen LogP contribution in [0.4, 0.5) is 0 Å². The quantitative estimate of drug-likeness (QED) is 0.0420. The van der Waals surface area contributed by atoms with E-state index in [2.05, 4.69) is 52.5 Å². The molecule has 0 radical (unpaired) electrons. The van der Waals surface area contributed by atoms with Crippen LogP contribution >= 0.6 is 0 Å². The van der Waals surface area contributed by atoms with Gasteiger partial charge in [-0.2, -0.15) is 0 Å². The SMILES string of the molecule is CC(C)C[C@@H]1NC(=O)[C@H](CCCN=C(N)N)NC(=O)[C@H](C(C)C)NC(=O)[C@@H]2CCCN2C(=O)[C@@H](Cc2ccccc2)NC(=O)[C@H](CC(C)C)NC(=O)[C@H](CCCN)NC(=O)[C@H](C(C)C)NC(=O)[C@@H]2CCCN2C(=O)[C@@H](CCCN=C(N)N)NC1=O. The third kappa shape index (κ3) is 22.1. The highest BCUT2D eigenvalue weighted by molar-refractivity contribution is 6.00. The minimum atomic E-state index is -1.31. The zero-order chi connectivity index (χ0) is 63.1. The van der Waals surface area contributed by atoms with Crippen molar-refractivity contribution in [1.29, 1.82) is 0 Å². The summed E-state index contributed by atoms with van der Waals surface area (Å²) in [5.74, 6) is -8.68. The van der Waals surface area contributed by atoms with Gasteiger partial charge in [-0.25, -0.2) is 0 Å². The summed E-state index contributed by atoms with van der Waals surface area (Å²) in [6, 6.07) is -3.22. The number of guanidine groups is 2. The Morgan fingerprint density at radius 1 is 0.471 bits per heavy atom. The predicted octanol–water partition coefficient (Wildman–Crippen LogP) is -1.65. The van der Waals surface area contributed by atoms with Crippen LogP contribution in [0.1, 0.15) is 138 Å². The maximum atomic E-state index is 14.9. The molecule has 10 amide bonds. The lowest BCUT2D eigenvalue weighted by Crippen LogP contribution is -2.62. The zero-order valence-corrected chi connectivity index (χ0v) is 51.0. The monoisotopic (exact) mass is 1190 g/mol. The highest BCUT2D eigenvalue weighted by Gasteiger charge is 2.43. The molecule has 0 unspecified atom stereocenters. The standard InChI is InChI=1S/C58H97N17O10/c1-32(2)29-40-49(78)68-39(21-14-26-65-58(62)63)55(84)74-27-15-22-43(74)51(80)72-45(34(5)6)53(82)66-37(19-12-24-59)47(76)70-41(30-33(3)4)50(79)71-42(31-36-17-10-9-11-18-36)56(85)75-28-16-23-44(75)52(81)73-46(35(7)8)54(83)67-38(48(77)69-40)20-13-25-64-57(60)61/h9-11,17-18,32-35,37-46H,12-16,19-31,59H2,1-8H3,(H,66,82)(H,67,83)(H,68,78)(H,69,77)(H,70,76)(H,71,79)(H,72,80)(H,73,81)(H4,60,61,64)(H4,62,63,65)/t37-,38-,39+,40-,41-,42+,43-,44-,45-,46-/m0/s1. The average Bonchev–Trinajstić information content (AvgIpc) is 4.37. The third-order valence-corrected chi connectivity index (χ3v) is 15.2. The molecule has 3 saturated heterocycles. The molecule has 3 fully saturated rings. The van der Waals surface area contributed by atoms with Crippen LogP contribution in [0.25, 0.3) is 0 Å². The first-order chi connectivity index (χ1) is 40.2. The van der Waals surface area contributed by atoms with E-state index in [9.17, 15) is 47.9 Å². The van der Waals surface area contributed by atoms with Crippen LogP contribution in [0.3, 0.4) is 0 Å². The molecule has 0 spiro atoms. The molecule has 27 nitrogen and oxygen atoms in total. The number of nitrogens with zero attached hydrogens (tertiary/aromatic N) is 4. The molecule has 1 aromatic carbocycles. The summed E-state index contributed by atoms with van der Waals surface area (Å²) in [7, 11) is 0. The van der Waals surface area contributed by atoms with Gasteiger partial charge in [-0.05, 0) is 113 Å². The minimum Gasteiger partial charge on any atom is -0.370 e. The number of amides is 10. The highest BCUT2D eigenvalue weighted by atomic mass is 16.2. The van der Waals surface area contributed by atoms with Crippen molar-refractivity contribution in [1.82, 2.24) is 52.3 Å². The molecule has 4 rings (SSSR count). The molecular formula is C58H97N17O10. The molecule has 27 heteroatoms. The molecular weight excluding hydrogens is 1090 g/mol. The van der Waals surface area contributed by atoms with Gasteiger partial charge in [0.2, 0.25) is 59.1 Å². The molecule has 1 aromatic rings. The summed E-state index contributed by atoms with van der Waals surface area (Å²) >= 11 is 0. The number of aliphatic imine (C=N–C) groups is 2. The number of benzene rings is 1. The molecule has 474 valence electrons. The van der Waals surface area contributed by atoms with Gasteiger partial charge in [-0.3, -0.25) is 57.9 Å². The van der Waals surface area contributed by atoms with Gasteiger partial charge < -0.3 is 81.0 Å². The van der Waals surface area contributed by atoms with E-state index in [0.717, 1.165) is 0 Å². The van der Waals surface area contributed by atoms with Crippen molar-refractivity contribution in [3.63, 3.8) is 0 Å². The van der Waals surface area contributed by atoms with Gasteiger partial charge in [0.1, 0.15) is 60.4 Å². The Balaban J connectivity index is 1.86. The molecule has 0 aliphatic carbocycles. The van der Waals surface area contributed by atoms with Crippen molar-refractivity contribution in [2.24, 2.45) is 62.3 Å². The van der Waals surface area contributed by atoms with Crippen molar-refractivity contribution in [3.8, 4) is 0 Å². The second-order valence-electron chi connectivity index (χ2n) is 24.0. The van der Waals surface area contributed by atoms with Crippen molar-refractivity contribution < 1.29 is 47.9 Å². The summed E-state index contributed by atoms with van der Waals surface area (Å²) in [5.41, 5.74) is 29.0. The minimum absolute atomic E-state index is 0.00430. The number of hydrogen-bond acceptors (Lipinski definition) is 13. The number of carbonyl (C=O) groups excluding carboxylic acids is 10. The van der Waals surface area contributed by atoms with Crippen LogP contribution in [-0.4, -0.2) is 174 Å². The van der Waals surface area contributed by atoms with Gasteiger partial charge in [0.25, 0.3) is 0 Å². The van der Waals surface area contributed by atoms with Gasteiger partial charge in [0, 0.05) is 32.6 Å². The van der Waals surface area contributed by atoms with Crippen LogP contribution in [-0.2, 0) is 54.4 Å². The Hall–Kier alpha value is -7.58. The lowest BCUT2D eigenvalue weighted by molar-refractivity contribution is -0.143.